The van der Waals surface area contributed by atoms with Crippen molar-refractivity contribution < 1.29 is 22.5 Å². The number of nitrogens with zero attached hydrogens (tertiary/aromatic N) is 2. The lowest BCUT2D eigenvalue weighted by molar-refractivity contribution is 0.103. The Bertz CT molecular complexity index is 1360. The van der Waals surface area contributed by atoms with Gasteiger partial charge in [-0.05, 0) is 36.2 Å². The zero-order valence-corrected chi connectivity index (χ0v) is 18.6. The van der Waals surface area contributed by atoms with Crippen molar-refractivity contribution in [3.63, 3.8) is 0 Å². The number of ketones is 1. The van der Waals surface area contributed by atoms with E-state index in [4.69, 9.17) is 4.74 Å². The summed E-state index contributed by atoms with van der Waals surface area (Å²) in [4.78, 5) is 24.3. The highest BCUT2D eigenvalue weighted by Crippen LogP contribution is 2.30. The number of nitrogens with one attached hydrogen (secondary N) is 2. The Morgan fingerprint density at radius 2 is 1.91 bits per heavy atom. The summed E-state index contributed by atoms with van der Waals surface area (Å²) in [5.41, 5.74) is 0.274. The first kappa shape index (κ1) is 22.5. The standard InChI is InChI=1S/C23H20F2N4O3S/c1-3-4-13-5-7-14(8-6-13)33(31)29-17-10-9-16(24)19(20(17)25)21(30)15-11-26-22-18(15)23(32-2)28-12-27-22/h5-12,29H,3-4H2,1-2H3,(H,26,27,28). The van der Waals surface area contributed by atoms with Crippen molar-refractivity contribution >= 4 is 33.5 Å². The molecule has 0 fully saturated rings. The van der Waals surface area contributed by atoms with Gasteiger partial charge in [-0.1, -0.05) is 25.5 Å². The lowest BCUT2D eigenvalue weighted by Gasteiger charge is -2.11. The van der Waals surface area contributed by atoms with Gasteiger partial charge < -0.3 is 9.72 Å². The number of anilines is 1. The zero-order chi connectivity index (χ0) is 23.5. The Kier molecular flexibility index (Phi) is 6.45. The molecule has 0 radical (unpaired) electrons. The molecule has 0 aliphatic carbocycles. The van der Waals surface area contributed by atoms with Crippen LogP contribution in [-0.4, -0.2) is 32.1 Å². The Balaban J connectivity index is 1.68. The number of halogens is 2. The summed E-state index contributed by atoms with van der Waals surface area (Å²) in [6.07, 6.45) is 4.40. The van der Waals surface area contributed by atoms with Crippen molar-refractivity contribution in [1.82, 2.24) is 15.0 Å². The number of aromatic amines is 1. The molecule has 170 valence electrons. The molecule has 2 aromatic carbocycles. The topological polar surface area (TPSA) is 97.0 Å². The average Bonchev–Trinajstić information content (AvgIpc) is 3.26. The number of fused-ring (bicyclic) bond motifs is 1. The van der Waals surface area contributed by atoms with E-state index in [9.17, 15) is 13.4 Å². The van der Waals surface area contributed by atoms with E-state index in [1.165, 1.54) is 19.6 Å². The normalized spacial score (nSPS) is 12.0. The molecular weight excluding hydrogens is 450 g/mol. The van der Waals surface area contributed by atoms with Crippen LogP contribution in [0.15, 0.2) is 53.8 Å². The number of aryl methyl sites for hydroxylation is 1. The second-order valence-corrected chi connectivity index (χ2v) is 8.40. The molecule has 4 aromatic rings. The summed E-state index contributed by atoms with van der Waals surface area (Å²) in [6, 6.07) is 9.10. The summed E-state index contributed by atoms with van der Waals surface area (Å²) in [7, 11) is -0.459. The van der Waals surface area contributed by atoms with E-state index in [-0.39, 0.29) is 28.2 Å². The maximum absolute atomic E-state index is 15.3. The predicted octanol–water partition coefficient (Wildman–Crippen LogP) is 4.56. The number of ether oxygens (including phenoxy) is 1. The van der Waals surface area contributed by atoms with E-state index in [1.54, 1.807) is 12.1 Å². The van der Waals surface area contributed by atoms with Crippen molar-refractivity contribution in [2.45, 2.75) is 24.7 Å². The molecule has 0 amide bonds. The minimum atomic E-state index is -1.82. The minimum Gasteiger partial charge on any atom is -0.480 e. The van der Waals surface area contributed by atoms with E-state index in [1.807, 2.05) is 12.1 Å². The van der Waals surface area contributed by atoms with Crippen LogP contribution in [0.3, 0.4) is 0 Å². The zero-order valence-electron chi connectivity index (χ0n) is 17.8. The van der Waals surface area contributed by atoms with Crippen LogP contribution in [-0.2, 0) is 17.4 Å². The molecule has 33 heavy (non-hydrogen) atoms. The fourth-order valence-corrected chi connectivity index (χ4v) is 4.33. The van der Waals surface area contributed by atoms with E-state index >= 15 is 4.39 Å². The number of carbonyl (C=O) groups is 1. The molecule has 0 saturated carbocycles. The number of hydrogen-bond acceptors (Lipinski definition) is 5. The number of methoxy groups -OCH3 is 1. The molecular formula is C23H20F2N4O3S. The second kappa shape index (κ2) is 9.45. The van der Waals surface area contributed by atoms with E-state index in [2.05, 4.69) is 26.6 Å². The average molecular weight is 471 g/mol. The molecule has 7 nitrogen and oxygen atoms in total. The molecule has 1 atom stereocenters. The van der Waals surface area contributed by atoms with Gasteiger partial charge in [0.1, 0.15) is 28.8 Å². The van der Waals surface area contributed by atoms with Gasteiger partial charge in [0.15, 0.2) is 5.82 Å². The van der Waals surface area contributed by atoms with Gasteiger partial charge in [-0.15, -0.1) is 0 Å². The number of hydrogen-bond donors (Lipinski definition) is 2. The summed E-state index contributed by atoms with van der Waals surface area (Å²) in [5, 5.41) is 0.206. The molecule has 0 aliphatic rings. The van der Waals surface area contributed by atoms with Gasteiger partial charge in [0.25, 0.3) is 0 Å². The lowest BCUT2D eigenvalue weighted by Crippen LogP contribution is -2.12. The Hall–Kier alpha value is -3.66. The Labute approximate surface area is 190 Å². The molecule has 10 heteroatoms. The van der Waals surface area contributed by atoms with Crippen molar-refractivity contribution in [1.29, 1.82) is 0 Å². The van der Waals surface area contributed by atoms with Gasteiger partial charge >= 0.3 is 0 Å². The monoisotopic (exact) mass is 470 g/mol. The largest absolute Gasteiger partial charge is 0.480 e. The van der Waals surface area contributed by atoms with Gasteiger partial charge in [-0.2, -0.15) is 0 Å². The van der Waals surface area contributed by atoms with Crippen molar-refractivity contribution in [3.05, 3.63) is 77.2 Å². The third-order valence-electron chi connectivity index (χ3n) is 5.07. The van der Waals surface area contributed by atoms with Crippen molar-refractivity contribution in [3.8, 4) is 5.88 Å². The third-order valence-corrected chi connectivity index (χ3v) is 6.18. The van der Waals surface area contributed by atoms with Crippen LogP contribution in [0.2, 0.25) is 0 Å². The van der Waals surface area contributed by atoms with Crippen LogP contribution in [0.5, 0.6) is 5.88 Å². The first-order valence-electron chi connectivity index (χ1n) is 10.1. The smallest absolute Gasteiger partial charge is 0.226 e. The molecule has 1 unspecified atom stereocenters. The molecule has 0 bridgehead atoms. The lowest BCUT2D eigenvalue weighted by atomic mass is 10.0. The maximum atomic E-state index is 15.3. The van der Waals surface area contributed by atoms with E-state index in [0.29, 0.717) is 4.90 Å². The summed E-state index contributed by atoms with van der Waals surface area (Å²) < 4.78 is 50.3. The van der Waals surface area contributed by atoms with Crippen molar-refractivity contribution in [2.24, 2.45) is 0 Å². The molecule has 0 aliphatic heterocycles. The van der Waals surface area contributed by atoms with Gasteiger partial charge in [0, 0.05) is 6.20 Å². The van der Waals surface area contributed by atoms with Gasteiger partial charge in [-0.3, -0.25) is 9.52 Å². The fourth-order valence-electron chi connectivity index (χ4n) is 3.47. The minimum absolute atomic E-state index is 0.0509. The second-order valence-electron chi connectivity index (χ2n) is 7.19. The third kappa shape index (κ3) is 4.34. The molecule has 2 N–H and O–H groups in total. The van der Waals surface area contributed by atoms with E-state index < -0.39 is 34.0 Å². The number of aromatic nitrogens is 3. The van der Waals surface area contributed by atoms with Crippen molar-refractivity contribution in [2.75, 3.05) is 11.8 Å². The number of H-pyrrole nitrogens is 1. The van der Waals surface area contributed by atoms with Crippen LogP contribution in [0, 0.1) is 11.6 Å². The highest BCUT2D eigenvalue weighted by Gasteiger charge is 2.26. The quantitative estimate of drug-likeness (QED) is 0.368. The van der Waals surface area contributed by atoms with Gasteiger partial charge in [-0.25, -0.2) is 23.0 Å². The van der Waals surface area contributed by atoms with Crippen LogP contribution in [0.4, 0.5) is 14.5 Å². The molecule has 4 rings (SSSR count). The van der Waals surface area contributed by atoms with Gasteiger partial charge in [0.2, 0.25) is 11.7 Å². The Morgan fingerprint density at radius 1 is 1.15 bits per heavy atom. The highest BCUT2D eigenvalue weighted by molar-refractivity contribution is 7.86. The SMILES string of the molecule is CCCc1ccc(S(=O)Nc2ccc(F)c(C(=O)c3c[nH]c4ncnc(OC)c34)c2F)cc1. The van der Waals surface area contributed by atoms with Crippen LogP contribution >= 0.6 is 0 Å². The van der Waals surface area contributed by atoms with Crippen LogP contribution in [0.25, 0.3) is 11.0 Å². The molecule has 0 spiro atoms. The van der Waals surface area contributed by atoms with Gasteiger partial charge in [0.05, 0.1) is 34.2 Å². The first-order chi connectivity index (χ1) is 15.9. The number of carbonyl (C=O) groups excluding carboxylic acids is 1. The van der Waals surface area contributed by atoms with E-state index in [0.717, 1.165) is 30.5 Å². The first-order valence-corrected chi connectivity index (χ1v) is 11.3. The Morgan fingerprint density at radius 3 is 2.61 bits per heavy atom. The number of benzene rings is 2. The predicted molar refractivity (Wildman–Crippen MR) is 121 cm³/mol. The maximum Gasteiger partial charge on any atom is 0.226 e. The molecule has 2 aromatic heterocycles. The summed E-state index contributed by atoms with van der Waals surface area (Å²) in [5.74, 6) is -3.04. The molecule has 0 saturated heterocycles. The summed E-state index contributed by atoms with van der Waals surface area (Å²) >= 11 is 0. The summed E-state index contributed by atoms with van der Waals surface area (Å²) in [6.45, 7) is 2.06. The van der Waals surface area contributed by atoms with Crippen LogP contribution < -0.4 is 9.46 Å². The number of rotatable bonds is 8. The molecule has 2 heterocycles. The fraction of sp³-hybridized carbons (Fsp3) is 0.174. The van der Waals surface area contributed by atoms with Crippen LogP contribution in [0.1, 0.15) is 34.8 Å². The highest BCUT2D eigenvalue weighted by atomic mass is 32.2.